The Balaban J connectivity index is 0.000000320. The molecule has 0 unspecified atom stereocenters. The van der Waals surface area contributed by atoms with Crippen LogP contribution in [-0.4, -0.2) is 20.6 Å². The maximum atomic E-state index is 2.42. The molecule has 0 N–H and O–H groups in total. The molecule has 1 aliphatic heterocycles. The zero-order chi connectivity index (χ0) is 19.5. The van der Waals surface area contributed by atoms with Crippen LogP contribution >= 0.6 is 0 Å². The molecule has 31 heavy (non-hydrogen) atoms. The summed E-state index contributed by atoms with van der Waals surface area (Å²) in [7, 11) is -0.313. The van der Waals surface area contributed by atoms with Gasteiger partial charge in [0.25, 0.3) is 0 Å². The summed E-state index contributed by atoms with van der Waals surface area (Å²) < 4.78 is 0. The summed E-state index contributed by atoms with van der Waals surface area (Å²) in [5.74, 6) is 0. The van der Waals surface area contributed by atoms with Crippen molar-refractivity contribution in [3.8, 4) is 0 Å². The normalized spacial score (nSPS) is 13.3. The Labute approximate surface area is 219 Å². The summed E-state index contributed by atoms with van der Waals surface area (Å²) >= 11 is 0. The summed E-state index contributed by atoms with van der Waals surface area (Å²) in [6.45, 7) is 7.76. The van der Waals surface area contributed by atoms with Crippen LogP contribution in [0.2, 0.25) is 13.1 Å². The van der Waals surface area contributed by atoms with Gasteiger partial charge in [0, 0.05) is 26.3 Å². The maximum Gasteiger partial charge on any atom is 3.00 e. The van der Waals surface area contributed by atoms with Crippen LogP contribution in [0.4, 0.5) is 5.69 Å². The van der Waals surface area contributed by atoms with Crippen LogP contribution in [0.15, 0.2) is 102 Å². The second-order valence-corrected chi connectivity index (χ2v) is 10.1. The van der Waals surface area contributed by atoms with Crippen LogP contribution < -0.4 is 29.7 Å². The first-order valence-electron chi connectivity index (χ1n) is 9.84. The molecule has 3 aromatic rings. The molecule has 0 amide bonds. The number of anilines is 1. The average Bonchev–Trinajstić information content (AvgIpc) is 3.35. The minimum atomic E-state index is -0.313. The van der Waals surface area contributed by atoms with Gasteiger partial charge in [-0.2, -0.15) is 6.07 Å². The van der Waals surface area contributed by atoms with E-state index in [9.17, 15) is 0 Å². The Bertz CT molecular complexity index is 1090. The number of halogens is 2. The van der Waals surface area contributed by atoms with Gasteiger partial charge >= 0.3 is 26.2 Å². The van der Waals surface area contributed by atoms with Crippen molar-refractivity contribution in [1.29, 1.82) is 0 Å². The van der Waals surface area contributed by atoms with Crippen molar-refractivity contribution in [3.05, 3.63) is 107 Å². The summed E-state index contributed by atoms with van der Waals surface area (Å²) in [6, 6.07) is 23.4. The Hall–Kier alpha value is -1.38. The molecule has 0 saturated heterocycles. The van der Waals surface area contributed by atoms with Crippen LogP contribution in [0.25, 0.3) is 10.8 Å². The van der Waals surface area contributed by atoms with Gasteiger partial charge in [0.1, 0.15) is 0 Å². The fraction of sp³-hybridized carbons (Fsp3) is 0.154. The molecule has 0 spiro atoms. The minimum absolute atomic E-state index is 0. The third-order valence-electron chi connectivity index (χ3n) is 4.99. The quantitative estimate of drug-likeness (QED) is 0.332. The predicted octanol–water partition coefficient (Wildman–Crippen LogP) is 0.268. The molecule has 1 radical (unpaired) electrons. The van der Waals surface area contributed by atoms with Crippen molar-refractivity contribution >= 4 is 30.5 Å². The number of hydrogen-bond donors (Lipinski definition) is 0. The zero-order valence-electron chi connectivity index (χ0n) is 18.1. The molecule has 1 heterocycles. The largest absolute Gasteiger partial charge is 3.00 e. The third kappa shape index (κ3) is 6.80. The summed E-state index contributed by atoms with van der Waals surface area (Å²) in [6.07, 6.45) is 6.96. The first kappa shape index (κ1) is 27.7. The fourth-order valence-corrected chi connectivity index (χ4v) is 4.63. The van der Waals surface area contributed by atoms with Gasteiger partial charge < -0.3 is 29.7 Å². The van der Waals surface area contributed by atoms with E-state index in [4.69, 9.17) is 0 Å². The Morgan fingerprint density at radius 3 is 2.29 bits per heavy atom. The first-order valence-corrected chi connectivity index (χ1v) is 12.4. The second kappa shape index (κ2) is 12.6. The predicted molar refractivity (Wildman–Crippen MR) is 126 cm³/mol. The van der Waals surface area contributed by atoms with E-state index < -0.39 is 0 Å². The molecule has 0 saturated carbocycles. The summed E-state index contributed by atoms with van der Waals surface area (Å²) in [5.41, 5.74) is 9.17. The monoisotopic (exact) mass is 540 g/mol. The summed E-state index contributed by atoms with van der Waals surface area (Å²) in [5, 5.41) is 2.69. The number of hydrogen-bond acceptors (Lipinski definition) is 1. The third-order valence-corrected chi connectivity index (χ3v) is 5.90. The molecule has 0 aromatic heterocycles. The van der Waals surface area contributed by atoms with E-state index in [0.717, 1.165) is 6.54 Å². The molecular formula is C26H26Cl2NSiZr. The van der Waals surface area contributed by atoms with E-state index in [2.05, 4.69) is 116 Å². The molecule has 3 aromatic carbocycles. The van der Waals surface area contributed by atoms with E-state index in [-0.39, 0.29) is 59.4 Å². The molecule has 5 heteroatoms. The average molecular weight is 543 g/mol. The van der Waals surface area contributed by atoms with Gasteiger partial charge in [0.2, 0.25) is 0 Å². The van der Waals surface area contributed by atoms with Crippen LogP contribution in [0.5, 0.6) is 0 Å². The zero-order valence-corrected chi connectivity index (χ0v) is 23.0. The van der Waals surface area contributed by atoms with E-state index in [1.54, 1.807) is 0 Å². The number of rotatable bonds is 2. The number of nitrogens with zero attached hydrogens (tertiary/aromatic N) is 1. The molecule has 5 rings (SSSR count). The Morgan fingerprint density at radius 2 is 1.61 bits per heavy atom. The van der Waals surface area contributed by atoms with E-state index in [0.29, 0.717) is 0 Å². The van der Waals surface area contributed by atoms with Crippen molar-refractivity contribution in [1.82, 2.24) is 0 Å². The Kier molecular flexibility index (Phi) is 11.2. The first-order chi connectivity index (χ1) is 13.6. The van der Waals surface area contributed by atoms with Gasteiger partial charge in [-0.1, -0.05) is 56.0 Å². The standard InChI is InChI=1S/C16H17NSi.C10H9.2ClH.Zr/c1-18(2)12-13-10-14-8-9-17(16(14)11-13)15-6-4-3-5-7-15;1-8-6-9-4-2-3-5-10(9)7-8;;;/h3-8,10-12H,9H2,1-2H3;2-7H,1H3;2*1H;/q;-1;;;+3/p-2. The number of para-hydroxylation sites is 1. The number of allylic oxidation sites excluding steroid dienone is 3. The second-order valence-electron chi connectivity index (χ2n) is 7.66. The van der Waals surface area contributed by atoms with E-state index in [1.807, 2.05) is 0 Å². The van der Waals surface area contributed by atoms with Crippen LogP contribution in [0.1, 0.15) is 5.56 Å². The molecule has 157 valence electrons. The summed E-state index contributed by atoms with van der Waals surface area (Å²) in [4.78, 5) is 2.38. The van der Waals surface area contributed by atoms with Crippen molar-refractivity contribution in [2.75, 3.05) is 11.4 Å². The smallest absolute Gasteiger partial charge is 1.00 e. The molecular weight excluding hydrogens is 517 g/mol. The minimum Gasteiger partial charge on any atom is -1.00 e. The molecule has 1 aliphatic carbocycles. The van der Waals surface area contributed by atoms with E-state index >= 15 is 0 Å². The van der Waals surface area contributed by atoms with E-state index in [1.165, 1.54) is 38.9 Å². The van der Waals surface area contributed by atoms with Crippen molar-refractivity contribution in [2.24, 2.45) is 0 Å². The fourth-order valence-electron chi connectivity index (χ4n) is 3.80. The van der Waals surface area contributed by atoms with Crippen LogP contribution in [-0.2, 0) is 26.2 Å². The van der Waals surface area contributed by atoms with Gasteiger partial charge in [-0.05, 0) is 35.4 Å². The van der Waals surface area contributed by atoms with Crippen molar-refractivity contribution < 1.29 is 51.0 Å². The topological polar surface area (TPSA) is 3.24 Å². The van der Waals surface area contributed by atoms with Crippen LogP contribution in [0.3, 0.4) is 0 Å². The molecule has 1 nitrogen and oxygen atoms in total. The van der Waals surface area contributed by atoms with Crippen molar-refractivity contribution in [2.45, 2.75) is 20.0 Å². The molecule has 0 fully saturated rings. The SMILES string of the molecule is C[Si](C)=CC1=CC2=CCN(c3ccccc3)C2=C1.Cc1cc2ccccc2[cH-]1.[Cl-].[Cl-].[Zr+3]. The molecule has 0 bridgehead atoms. The van der Waals surface area contributed by atoms with Gasteiger partial charge in [-0.15, -0.1) is 40.6 Å². The van der Waals surface area contributed by atoms with Gasteiger partial charge in [-0.3, -0.25) is 0 Å². The van der Waals surface area contributed by atoms with Gasteiger partial charge in [-0.25, -0.2) is 0 Å². The number of benzene rings is 2. The molecule has 0 atom stereocenters. The maximum absolute atomic E-state index is 2.42. The van der Waals surface area contributed by atoms with Crippen LogP contribution in [0, 0.1) is 6.92 Å². The molecule has 2 aliphatic rings. The van der Waals surface area contributed by atoms with Gasteiger partial charge in [0.15, 0.2) is 0 Å². The number of aryl methyl sites for hydroxylation is 1. The van der Waals surface area contributed by atoms with Gasteiger partial charge in [0.05, 0.1) is 0 Å². The van der Waals surface area contributed by atoms with Crippen molar-refractivity contribution in [3.63, 3.8) is 0 Å². The number of fused-ring (bicyclic) bond motifs is 2. The Morgan fingerprint density at radius 1 is 0.935 bits per heavy atom.